The van der Waals surface area contributed by atoms with Gasteiger partial charge >= 0.3 is 6.09 Å². The van der Waals surface area contributed by atoms with Crippen LogP contribution in [0, 0.1) is 0 Å². The number of imidazole rings is 1. The van der Waals surface area contributed by atoms with Crippen molar-refractivity contribution in [2.75, 3.05) is 6.54 Å². The normalized spacial score (nSPS) is 17.3. The van der Waals surface area contributed by atoms with Gasteiger partial charge in [0.2, 0.25) is 0 Å². The SMILES string of the molecule is CC(C)(C)OC(=O)NCCc1cncn1C1CCCCCCC1. The van der Waals surface area contributed by atoms with Gasteiger partial charge in [-0.25, -0.2) is 9.78 Å². The molecule has 1 aliphatic rings. The first-order valence-corrected chi connectivity index (χ1v) is 8.93. The number of ether oxygens (including phenoxy) is 1. The quantitative estimate of drug-likeness (QED) is 0.902. The Morgan fingerprint density at radius 3 is 2.57 bits per heavy atom. The van der Waals surface area contributed by atoms with Crippen molar-refractivity contribution in [3.63, 3.8) is 0 Å². The largest absolute Gasteiger partial charge is 0.444 e. The highest BCUT2D eigenvalue weighted by Crippen LogP contribution is 2.27. The summed E-state index contributed by atoms with van der Waals surface area (Å²) in [6, 6.07) is 0.564. The maximum absolute atomic E-state index is 11.7. The molecule has 0 aromatic carbocycles. The summed E-state index contributed by atoms with van der Waals surface area (Å²) in [5.41, 5.74) is 0.747. The van der Waals surface area contributed by atoms with Crippen molar-refractivity contribution in [3.8, 4) is 0 Å². The summed E-state index contributed by atoms with van der Waals surface area (Å²) in [6.07, 6.45) is 13.5. The number of nitrogens with one attached hydrogen (secondary N) is 1. The van der Waals surface area contributed by atoms with Crippen LogP contribution in [0.2, 0.25) is 0 Å². The lowest BCUT2D eigenvalue weighted by Gasteiger charge is -2.23. The van der Waals surface area contributed by atoms with Crippen molar-refractivity contribution >= 4 is 6.09 Å². The second-order valence-electron chi connectivity index (χ2n) is 7.47. The minimum atomic E-state index is -0.454. The van der Waals surface area contributed by atoms with Gasteiger partial charge in [0.15, 0.2) is 0 Å². The lowest BCUT2D eigenvalue weighted by Crippen LogP contribution is -2.33. The van der Waals surface area contributed by atoms with Crippen molar-refractivity contribution in [2.45, 2.75) is 83.8 Å². The Hall–Kier alpha value is -1.52. The number of carbonyl (C=O) groups is 1. The second kappa shape index (κ2) is 8.37. The van der Waals surface area contributed by atoms with E-state index in [0.717, 1.165) is 6.42 Å². The van der Waals surface area contributed by atoms with Gasteiger partial charge in [-0.2, -0.15) is 0 Å². The summed E-state index contributed by atoms with van der Waals surface area (Å²) >= 11 is 0. The van der Waals surface area contributed by atoms with E-state index in [1.54, 1.807) is 0 Å². The van der Waals surface area contributed by atoms with Crippen LogP contribution >= 0.6 is 0 Å². The Morgan fingerprint density at radius 1 is 1.26 bits per heavy atom. The fraction of sp³-hybridized carbons (Fsp3) is 0.778. The summed E-state index contributed by atoms with van der Waals surface area (Å²) in [7, 11) is 0. The standard InChI is InChI=1S/C18H31N3O2/c1-18(2,3)23-17(22)20-12-11-16-13-19-14-21(16)15-9-7-5-4-6-8-10-15/h13-15H,4-12H2,1-3H3,(H,20,22). The fourth-order valence-electron chi connectivity index (χ4n) is 3.17. The summed E-state index contributed by atoms with van der Waals surface area (Å²) in [5, 5.41) is 2.83. The predicted molar refractivity (Wildman–Crippen MR) is 91.5 cm³/mol. The van der Waals surface area contributed by atoms with E-state index in [1.807, 2.05) is 33.3 Å². The molecule has 1 N–H and O–H groups in total. The molecule has 130 valence electrons. The maximum atomic E-state index is 11.7. The first-order chi connectivity index (χ1) is 11.0. The molecule has 1 heterocycles. The summed E-state index contributed by atoms with van der Waals surface area (Å²) in [4.78, 5) is 16.0. The number of rotatable bonds is 4. The van der Waals surface area contributed by atoms with Crippen molar-refractivity contribution in [3.05, 3.63) is 18.2 Å². The van der Waals surface area contributed by atoms with Crippen molar-refractivity contribution in [2.24, 2.45) is 0 Å². The maximum Gasteiger partial charge on any atom is 0.407 e. The topological polar surface area (TPSA) is 56.1 Å². The number of hydrogen-bond donors (Lipinski definition) is 1. The summed E-state index contributed by atoms with van der Waals surface area (Å²) in [6.45, 7) is 6.19. The van der Waals surface area contributed by atoms with Crippen LogP contribution in [0.3, 0.4) is 0 Å². The van der Waals surface area contributed by atoms with Gasteiger partial charge in [-0.15, -0.1) is 0 Å². The van der Waals surface area contributed by atoms with Crippen LogP contribution in [0.5, 0.6) is 0 Å². The number of nitrogens with zero attached hydrogens (tertiary/aromatic N) is 2. The number of aromatic nitrogens is 2. The van der Waals surface area contributed by atoms with Crippen LogP contribution < -0.4 is 5.32 Å². The van der Waals surface area contributed by atoms with Gasteiger partial charge in [-0.05, 0) is 33.6 Å². The molecule has 0 radical (unpaired) electrons. The molecule has 5 heteroatoms. The van der Waals surface area contributed by atoms with E-state index in [4.69, 9.17) is 4.74 Å². The van der Waals surface area contributed by atoms with E-state index < -0.39 is 5.60 Å². The fourth-order valence-corrected chi connectivity index (χ4v) is 3.17. The highest BCUT2D eigenvalue weighted by molar-refractivity contribution is 5.67. The van der Waals surface area contributed by atoms with Gasteiger partial charge in [0.05, 0.1) is 6.33 Å². The van der Waals surface area contributed by atoms with Gasteiger partial charge < -0.3 is 14.6 Å². The van der Waals surface area contributed by atoms with Gasteiger partial charge in [0, 0.05) is 30.9 Å². The zero-order chi connectivity index (χ0) is 16.7. The van der Waals surface area contributed by atoms with E-state index in [9.17, 15) is 4.79 Å². The predicted octanol–water partition coefficient (Wildman–Crippen LogP) is 4.24. The molecule has 1 fully saturated rings. The molecule has 2 rings (SSSR count). The molecule has 5 nitrogen and oxygen atoms in total. The zero-order valence-corrected chi connectivity index (χ0v) is 14.8. The molecule has 0 atom stereocenters. The van der Waals surface area contributed by atoms with Crippen LogP contribution in [-0.2, 0) is 11.2 Å². The molecular formula is C18H31N3O2. The molecule has 0 saturated heterocycles. The van der Waals surface area contributed by atoms with E-state index in [-0.39, 0.29) is 6.09 Å². The Balaban J connectivity index is 1.84. The molecule has 1 saturated carbocycles. The van der Waals surface area contributed by atoms with Crippen LogP contribution in [-0.4, -0.2) is 27.8 Å². The molecule has 23 heavy (non-hydrogen) atoms. The molecule has 1 amide bonds. The molecular weight excluding hydrogens is 290 g/mol. The molecule has 0 bridgehead atoms. The monoisotopic (exact) mass is 321 g/mol. The molecule has 0 unspecified atom stereocenters. The Labute approximate surface area is 139 Å². The van der Waals surface area contributed by atoms with Crippen molar-refractivity contribution in [1.82, 2.24) is 14.9 Å². The third kappa shape index (κ3) is 6.24. The smallest absolute Gasteiger partial charge is 0.407 e. The molecule has 0 aliphatic heterocycles. The molecule has 0 spiro atoms. The number of amides is 1. The highest BCUT2D eigenvalue weighted by atomic mass is 16.6. The van der Waals surface area contributed by atoms with E-state index in [0.29, 0.717) is 12.6 Å². The summed E-state index contributed by atoms with van der Waals surface area (Å²) in [5.74, 6) is 0. The highest BCUT2D eigenvalue weighted by Gasteiger charge is 2.17. The molecule has 1 aromatic rings. The van der Waals surface area contributed by atoms with Crippen LogP contribution in [0.1, 0.15) is 77.5 Å². The Kier molecular flexibility index (Phi) is 6.48. The first-order valence-electron chi connectivity index (χ1n) is 8.93. The second-order valence-corrected chi connectivity index (χ2v) is 7.47. The van der Waals surface area contributed by atoms with Gasteiger partial charge in [0.1, 0.15) is 5.60 Å². The third-order valence-electron chi connectivity index (χ3n) is 4.26. The average molecular weight is 321 g/mol. The average Bonchev–Trinajstić information content (AvgIpc) is 2.84. The van der Waals surface area contributed by atoms with Crippen LogP contribution in [0.15, 0.2) is 12.5 Å². The third-order valence-corrected chi connectivity index (χ3v) is 4.26. The lowest BCUT2D eigenvalue weighted by atomic mass is 9.96. The minimum Gasteiger partial charge on any atom is -0.444 e. The number of alkyl carbamates (subject to hydrolysis) is 1. The van der Waals surface area contributed by atoms with E-state index >= 15 is 0 Å². The number of carbonyl (C=O) groups excluding carboxylic acids is 1. The molecule has 1 aromatic heterocycles. The van der Waals surface area contributed by atoms with E-state index in [2.05, 4.69) is 14.9 Å². The van der Waals surface area contributed by atoms with Crippen molar-refractivity contribution in [1.29, 1.82) is 0 Å². The van der Waals surface area contributed by atoms with Crippen LogP contribution in [0.4, 0.5) is 4.79 Å². The Morgan fingerprint density at radius 2 is 1.91 bits per heavy atom. The minimum absolute atomic E-state index is 0.352. The van der Waals surface area contributed by atoms with Gasteiger partial charge in [0.25, 0.3) is 0 Å². The van der Waals surface area contributed by atoms with Crippen LogP contribution in [0.25, 0.3) is 0 Å². The zero-order valence-electron chi connectivity index (χ0n) is 14.8. The summed E-state index contributed by atoms with van der Waals surface area (Å²) < 4.78 is 7.58. The van der Waals surface area contributed by atoms with Gasteiger partial charge in [-0.1, -0.05) is 32.1 Å². The number of hydrogen-bond acceptors (Lipinski definition) is 3. The first kappa shape index (κ1) is 17.8. The lowest BCUT2D eigenvalue weighted by molar-refractivity contribution is 0.0528. The Bertz CT molecular complexity index is 483. The molecule has 1 aliphatic carbocycles. The van der Waals surface area contributed by atoms with E-state index in [1.165, 1.54) is 50.6 Å². The van der Waals surface area contributed by atoms with Gasteiger partial charge in [-0.3, -0.25) is 0 Å². The van der Waals surface area contributed by atoms with Crippen molar-refractivity contribution < 1.29 is 9.53 Å².